The number of nitrogens with one attached hydrogen (secondary N) is 1. The van der Waals surface area contributed by atoms with E-state index in [1.807, 2.05) is 0 Å². The molecule has 0 heterocycles. The van der Waals surface area contributed by atoms with Crippen molar-refractivity contribution in [3.8, 4) is 17.2 Å². The van der Waals surface area contributed by atoms with E-state index >= 15 is 0 Å². The zero-order chi connectivity index (χ0) is 30.0. The molecule has 1 amide bonds. The van der Waals surface area contributed by atoms with Crippen LogP contribution in [0.1, 0.15) is 34.3 Å². The molecule has 12 heteroatoms. The molecule has 3 aliphatic rings. The van der Waals surface area contributed by atoms with Crippen LogP contribution in [-0.2, 0) is 32.1 Å². The van der Waals surface area contributed by atoms with Gasteiger partial charge in [0.1, 0.15) is 5.75 Å². The molecule has 6 N–H and O–H groups in total. The number of nitrogens with two attached hydrogens (primary N) is 1. The minimum Gasteiger partial charge on any atom is -0.505 e. The number of ether oxygens (including phenoxy) is 1. The zero-order valence-corrected chi connectivity index (χ0v) is 22.8. The molecule has 2 fully saturated rings. The summed E-state index contributed by atoms with van der Waals surface area (Å²) in [5.41, 5.74) is 4.41. The van der Waals surface area contributed by atoms with Gasteiger partial charge in [-0.1, -0.05) is 6.07 Å². The summed E-state index contributed by atoms with van der Waals surface area (Å²) < 4.78 is 5.06. The van der Waals surface area contributed by atoms with Crippen LogP contribution in [0.2, 0.25) is 0 Å². The van der Waals surface area contributed by atoms with Crippen LogP contribution in [0, 0.1) is 23.7 Å². The van der Waals surface area contributed by atoms with Gasteiger partial charge in [-0.3, -0.25) is 24.0 Å². The molecule has 0 saturated heterocycles. The van der Waals surface area contributed by atoms with E-state index in [1.54, 1.807) is 37.2 Å². The number of primary amides is 1. The molecule has 2 saturated carbocycles. The number of amides is 1. The highest BCUT2D eigenvalue weighted by Gasteiger charge is 2.66. The number of methoxy groups -OCH3 is 1. The first kappa shape index (κ1) is 28.1. The predicted molar refractivity (Wildman–Crippen MR) is 145 cm³/mol. The highest BCUT2D eigenvalue weighted by molar-refractivity contribution is 6.31. The van der Waals surface area contributed by atoms with Gasteiger partial charge in [-0.2, -0.15) is 0 Å². The quantitative estimate of drug-likeness (QED) is 0.244. The molecule has 41 heavy (non-hydrogen) atoms. The fourth-order valence-electron chi connectivity index (χ4n) is 6.59. The summed E-state index contributed by atoms with van der Waals surface area (Å²) in [6.07, 6.45) is -0.184. The summed E-state index contributed by atoms with van der Waals surface area (Å²) in [6.45, 7) is 0.161. The Hall–Kier alpha value is -4.45. The molecule has 12 nitrogen and oxygen atoms in total. The van der Waals surface area contributed by atoms with Gasteiger partial charge in [0.15, 0.2) is 46.2 Å². The average Bonchev–Trinajstić information content (AvgIpc) is 2.90. The predicted octanol–water partition coefficient (Wildman–Crippen LogP) is 0.719. The van der Waals surface area contributed by atoms with Crippen LogP contribution in [0.25, 0.3) is 0 Å². The van der Waals surface area contributed by atoms with E-state index in [0.29, 0.717) is 22.6 Å². The van der Waals surface area contributed by atoms with E-state index in [1.165, 1.54) is 13.2 Å². The van der Waals surface area contributed by atoms with Crippen molar-refractivity contribution >= 4 is 40.4 Å². The number of hydrogen-bond acceptors (Lipinski definition) is 11. The third-order valence-corrected chi connectivity index (χ3v) is 8.59. The normalized spacial score (nSPS) is 27.0. The van der Waals surface area contributed by atoms with Crippen molar-refractivity contribution in [2.24, 2.45) is 29.4 Å². The fourth-order valence-corrected chi connectivity index (χ4v) is 6.59. The number of hydrogen-bond donors (Lipinski definition) is 5. The first-order valence-corrected chi connectivity index (χ1v) is 13.1. The lowest BCUT2D eigenvalue weighted by Gasteiger charge is -2.48. The fraction of sp³-hybridized carbons (Fsp3) is 0.414. The lowest BCUT2D eigenvalue weighted by molar-refractivity contribution is -0.175. The molecule has 0 spiro atoms. The molecule has 216 valence electrons. The summed E-state index contributed by atoms with van der Waals surface area (Å²) in [5.74, 6) is -10.4. The van der Waals surface area contributed by atoms with Gasteiger partial charge >= 0.3 is 0 Å². The molecule has 2 aromatic rings. The van der Waals surface area contributed by atoms with Crippen molar-refractivity contribution in [3.05, 3.63) is 41.0 Å². The number of phenolic OH excluding ortho intramolecular Hbond substituents is 2. The molecule has 0 aromatic heterocycles. The Labute approximate surface area is 235 Å². The molecule has 0 radical (unpaired) electrons. The molecular weight excluding hydrogens is 534 g/mol. The van der Waals surface area contributed by atoms with E-state index in [2.05, 4.69) is 5.32 Å². The Kier molecular flexibility index (Phi) is 6.77. The van der Waals surface area contributed by atoms with Crippen molar-refractivity contribution in [3.63, 3.8) is 0 Å². The molecule has 2 unspecified atom stereocenters. The highest BCUT2D eigenvalue weighted by atomic mass is 16.5. The Bertz CT molecular complexity index is 1520. The summed E-state index contributed by atoms with van der Waals surface area (Å²) in [7, 11) is 4.96. The second-order valence-electron chi connectivity index (χ2n) is 11.1. The number of aromatic hydroxyl groups is 2. The lowest BCUT2D eigenvalue weighted by Crippen LogP contribution is -2.68. The molecule has 5 atom stereocenters. The van der Waals surface area contributed by atoms with Crippen LogP contribution < -0.4 is 20.7 Å². The summed E-state index contributed by atoms with van der Waals surface area (Å²) in [4.78, 5) is 66.9. The number of rotatable bonds is 6. The third kappa shape index (κ3) is 4.21. The van der Waals surface area contributed by atoms with E-state index < -0.39 is 64.1 Å². The second-order valence-corrected chi connectivity index (χ2v) is 11.1. The Balaban J connectivity index is 1.53. The first-order chi connectivity index (χ1) is 19.3. The number of phenols is 2. The van der Waals surface area contributed by atoms with Gasteiger partial charge in [0.25, 0.3) is 0 Å². The summed E-state index contributed by atoms with van der Waals surface area (Å²) in [5, 5.41) is 35.8. The maximum atomic E-state index is 13.9. The Morgan fingerprint density at radius 3 is 2.44 bits per heavy atom. The standard InChI is InChI=1S/C29H31N3O9/c1-32(2)17-10-16(31-11-12-4-5-20(41-3)18(33)6-12)24(35)22-15(17)8-13-7-14-9-19(34)23(28(30)39)27(38)29(14,40)26(37)21(13)25(22)36/h4-6,10,13-14,21,23,31,33,35,40H,7-9,11H2,1-3H3,(H2,30,39)/t13-,14+,21?,23?,29+/m1/s1. The van der Waals surface area contributed by atoms with Crippen LogP contribution in [0.4, 0.5) is 11.4 Å². The number of benzene rings is 2. The van der Waals surface area contributed by atoms with Crippen LogP contribution in [0.15, 0.2) is 24.3 Å². The second kappa shape index (κ2) is 9.88. The van der Waals surface area contributed by atoms with Crippen LogP contribution in [0.3, 0.4) is 0 Å². The SMILES string of the molecule is COc1ccc(CNc2cc(N(C)C)c3c(c2O)C(=O)C2C(=O)[C@]4(O)C(=O)C(C(N)=O)C(=O)C[C@@H]4C[C@@H]2C3)cc1O. The first-order valence-electron chi connectivity index (χ1n) is 13.1. The largest absolute Gasteiger partial charge is 0.505 e. The molecule has 3 aliphatic carbocycles. The van der Waals surface area contributed by atoms with Crippen LogP contribution in [-0.4, -0.2) is 71.2 Å². The van der Waals surface area contributed by atoms with Crippen molar-refractivity contribution in [2.75, 3.05) is 31.4 Å². The van der Waals surface area contributed by atoms with E-state index in [0.717, 1.165) is 0 Å². The molecule has 2 aromatic carbocycles. The number of ketones is 4. The topological polar surface area (TPSA) is 197 Å². The van der Waals surface area contributed by atoms with Crippen molar-refractivity contribution in [1.29, 1.82) is 0 Å². The Morgan fingerprint density at radius 1 is 1.12 bits per heavy atom. The van der Waals surface area contributed by atoms with Gasteiger partial charge in [0, 0.05) is 38.7 Å². The summed E-state index contributed by atoms with van der Waals surface area (Å²) >= 11 is 0. The van der Waals surface area contributed by atoms with Gasteiger partial charge < -0.3 is 36.0 Å². The lowest BCUT2D eigenvalue weighted by atomic mass is 9.53. The smallest absolute Gasteiger partial charge is 0.235 e. The van der Waals surface area contributed by atoms with E-state index in [9.17, 15) is 39.3 Å². The zero-order valence-electron chi connectivity index (χ0n) is 22.8. The maximum Gasteiger partial charge on any atom is 0.235 e. The third-order valence-electron chi connectivity index (χ3n) is 8.59. The molecule has 0 bridgehead atoms. The molecule has 0 aliphatic heterocycles. The van der Waals surface area contributed by atoms with Gasteiger partial charge in [-0.15, -0.1) is 0 Å². The van der Waals surface area contributed by atoms with Crippen LogP contribution >= 0.6 is 0 Å². The number of nitrogens with zero attached hydrogens (tertiary/aromatic N) is 1. The number of Topliss-reactive ketones (excluding diaryl/α,β-unsaturated/α-hetero) is 4. The van der Waals surface area contributed by atoms with Gasteiger partial charge in [0.05, 0.1) is 24.3 Å². The van der Waals surface area contributed by atoms with Crippen molar-refractivity contribution in [1.82, 2.24) is 0 Å². The van der Waals surface area contributed by atoms with Crippen molar-refractivity contribution in [2.45, 2.75) is 31.4 Å². The highest BCUT2D eigenvalue weighted by Crippen LogP contribution is 2.52. The monoisotopic (exact) mass is 565 g/mol. The number of carbonyl (C=O) groups is 5. The van der Waals surface area contributed by atoms with E-state index in [-0.39, 0.29) is 42.8 Å². The van der Waals surface area contributed by atoms with Gasteiger partial charge in [-0.25, -0.2) is 0 Å². The van der Waals surface area contributed by atoms with Gasteiger partial charge in [0.2, 0.25) is 5.91 Å². The van der Waals surface area contributed by atoms with E-state index in [4.69, 9.17) is 10.5 Å². The molecule has 5 rings (SSSR count). The average molecular weight is 566 g/mol. The number of carbonyl (C=O) groups excluding carboxylic acids is 5. The number of aliphatic hydroxyl groups is 1. The summed E-state index contributed by atoms with van der Waals surface area (Å²) in [6, 6.07) is 6.47. The Morgan fingerprint density at radius 2 is 1.83 bits per heavy atom. The number of anilines is 2. The minimum atomic E-state index is -2.70. The number of fused-ring (bicyclic) bond motifs is 3. The van der Waals surface area contributed by atoms with Crippen LogP contribution in [0.5, 0.6) is 17.2 Å². The van der Waals surface area contributed by atoms with Gasteiger partial charge in [-0.05, 0) is 48.1 Å². The minimum absolute atomic E-state index is 0.0235. The van der Waals surface area contributed by atoms with Crippen molar-refractivity contribution < 1.29 is 44.0 Å². The molecular formula is C29H31N3O9. The maximum absolute atomic E-state index is 13.9.